The van der Waals surface area contributed by atoms with Crippen LogP contribution < -0.4 is 5.32 Å². The van der Waals surface area contributed by atoms with Crippen LogP contribution in [-0.4, -0.2) is 29.7 Å². The Bertz CT molecular complexity index is 878. The highest BCUT2D eigenvalue weighted by Crippen LogP contribution is 2.38. The van der Waals surface area contributed by atoms with Crippen molar-refractivity contribution < 1.29 is 4.74 Å². The fraction of sp³-hybridized carbons (Fsp3) is 0.333. The maximum Gasteiger partial charge on any atom is 0.142 e. The van der Waals surface area contributed by atoms with Gasteiger partial charge < -0.3 is 10.1 Å². The van der Waals surface area contributed by atoms with Gasteiger partial charge >= 0.3 is 0 Å². The summed E-state index contributed by atoms with van der Waals surface area (Å²) in [6.45, 7) is 3.13. The fourth-order valence-corrected chi connectivity index (χ4v) is 4.75. The monoisotopic (exact) mass is 399 g/mol. The van der Waals surface area contributed by atoms with E-state index >= 15 is 0 Å². The molecule has 3 aromatic rings. The van der Waals surface area contributed by atoms with E-state index in [4.69, 9.17) is 21.3 Å². The molecule has 0 saturated carbocycles. The van der Waals surface area contributed by atoms with Crippen LogP contribution in [0.4, 0.5) is 0 Å². The summed E-state index contributed by atoms with van der Waals surface area (Å²) in [5, 5.41) is 7.51. The van der Waals surface area contributed by atoms with Crippen molar-refractivity contribution in [2.75, 3.05) is 19.8 Å². The quantitative estimate of drug-likeness (QED) is 0.652. The number of ether oxygens (including phenoxy) is 1. The first-order chi connectivity index (χ1) is 13.3. The lowest BCUT2D eigenvalue weighted by Gasteiger charge is -2.38. The van der Waals surface area contributed by atoms with Crippen LogP contribution in [0.2, 0.25) is 5.02 Å². The summed E-state index contributed by atoms with van der Waals surface area (Å²) in [7, 11) is 0. The molecular weight excluding hydrogens is 378 g/mol. The number of rotatable bonds is 6. The minimum atomic E-state index is 0.0103. The molecule has 1 aromatic carbocycles. The van der Waals surface area contributed by atoms with Gasteiger partial charge in [0.25, 0.3) is 0 Å². The molecule has 0 atom stereocenters. The lowest BCUT2D eigenvalue weighted by atomic mass is 9.74. The Morgan fingerprint density at radius 2 is 1.93 bits per heavy atom. The van der Waals surface area contributed by atoms with Crippen molar-refractivity contribution >= 4 is 22.9 Å². The molecule has 1 saturated heterocycles. The van der Waals surface area contributed by atoms with Gasteiger partial charge in [0.2, 0.25) is 0 Å². The fourth-order valence-electron chi connectivity index (χ4n) is 3.62. The molecule has 4 nitrogen and oxygen atoms in total. The summed E-state index contributed by atoms with van der Waals surface area (Å²) < 4.78 is 5.61. The third-order valence-corrected chi connectivity index (χ3v) is 6.34. The number of pyridine rings is 1. The number of hydrogen-bond donors (Lipinski definition) is 1. The van der Waals surface area contributed by atoms with Crippen molar-refractivity contribution in [2.45, 2.75) is 24.8 Å². The predicted octanol–water partition coefficient (Wildman–Crippen LogP) is 4.70. The highest BCUT2D eigenvalue weighted by atomic mass is 35.5. The van der Waals surface area contributed by atoms with E-state index in [1.54, 1.807) is 17.5 Å². The van der Waals surface area contributed by atoms with Gasteiger partial charge in [-0.2, -0.15) is 0 Å². The summed E-state index contributed by atoms with van der Waals surface area (Å²) in [5.74, 6) is 0. The molecular formula is C21H22ClN3OS. The SMILES string of the molecule is Clc1ccccc1C1(CNCc2csc(-c3ccccn3)n2)CCOCC1. The summed E-state index contributed by atoms with van der Waals surface area (Å²) in [4.78, 5) is 9.09. The van der Waals surface area contributed by atoms with Crippen molar-refractivity contribution in [3.05, 3.63) is 70.3 Å². The van der Waals surface area contributed by atoms with Crippen LogP contribution >= 0.6 is 22.9 Å². The lowest BCUT2D eigenvalue weighted by Crippen LogP contribution is -2.42. The van der Waals surface area contributed by atoms with Gasteiger partial charge in [-0.25, -0.2) is 4.98 Å². The maximum absolute atomic E-state index is 6.53. The highest BCUT2D eigenvalue weighted by molar-refractivity contribution is 7.13. The zero-order valence-electron chi connectivity index (χ0n) is 15.0. The van der Waals surface area contributed by atoms with Crippen molar-refractivity contribution in [1.82, 2.24) is 15.3 Å². The maximum atomic E-state index is 6.53. The normalized spacial score (nSPS) is 16.3. The number of halogens is 1. The Kier molecular flexibility index (Phi) is 5.83. The second kappa shape index (κ2) is 8.48. The number of hydrogen-bond acceptors (Lipinski definition) is 5. The van der Waals surface area contributed by atoms with Crippen LogP contribution in [-0.2, 0) is 16.7 Å². The number of benzene rings is 1. The van der Waals surface area contributed by atoms with Gasteiger partial charge in [0.05, 0.1) is 11.4 Å². The first-order valence-electron chi connectivity index (χ1n) is 9.16. The van der Waals surface area contributed by atoms with Crippen LogP contribution in [0.1, 0.15) is 24.1 Å². The molecule has 140 valence electrons. The summed E-state index contributed by atoms with van der Waals surface area (Å²) in [6, 6.07) is 14.1. The smallest absolute Gasteiger partial charge is 0.142 e. The number of thiazole rings is 1. The van der Waals surface area contributed by atoms with E-state index in [2.05, 4.69) is 27.8 Å². The van der Waals surface area contributed by atoms with Crippen molar-refractivity contribution in [3.63, 3.8) is 0 Å². The second-order valence-corrected chi connectivity index (χ2v) is 8.10. The van der Waals surface area contributed by atoms with Crippen LogP contribution in [0.15, 0.2) is 54.0 Å². The number of nitrogens with one attached hydrogen (secondary N) is 1. The van der Waals surface area contributed by atoms with Gasteiger partial charge in [0, 0.05) is 48.3 Å². The van der Waals surface area contributed by atoms with Gasteiger partial charge in [-0.15, -0.1) is 11.3 Å². The Morgan fingerprint density at radius 1 is 1.11 bits per heavy atom. The van der Waals surface area contributed by atoms with Gasteiger partial charge in [0.15, 0.2) is 0 Å². The highest BCUT2D eigenvalue weighted by Gasteiger charge is 2.35. The van der Waals surface area contributed by atoms with E-state index in [1.165, 1.54) is 5.56 Å². The molecule has 0 amide bonds. The largest absolute Gasteiger partial charge is 0.381 e. The van der Waals surface area contributed by atoms with Crippen molar-refractivity contribution in [3.8, 4) is 10.7 Å². The first-order valence-corrected chi connectivity index (χ1v) is 10.4. The van der Waals surface area contributed by atoms with Crippen molar-refractivity contribution in [1.29, 1.82) is 0 Å². The van der Waals surface area contributed by atoms with E-state index in [9.17, 15) is 0 Å². The summed E-state index contributed by atoms with van der Waals surface area (Å²) in [6.07, 6.45) is 3.74. The average molecular weight is 400 g/mol. The Labute approximate surface area is 168 Å². The molecule has 0 bridgehead atoms. The third-order valence-electron chi connectivity index (χ3n) is 5.10. The minimum absolute atomic E-state index is 0.0103. The van der Waals surface area contributed by atoms with E-state index in [0.29, 0.717) is 0 Å². The summed E-state index contributed by atoms with van der Waals surface area (Å²) in [5.41, 5.74) is 3.19. The molecule has 2 aromatic heterocycles. The number of aromatic nitrogens is 2. The first kappa shape index (κ1) is 18.6. The van der Waals surface area contributed by atoms with Crippen LogP contribution in [0.5, 0.6) is 0 Å². The van der Waals surface area contributed by atoms with Crippen LogP contribution in [0, 0.1) is 0 Å². The third kappa shape index (κ3) is 4.22. The zero-order valence-corrected chi connectivity index (χ0v) is 16.6. The summed E-state index contributed by atoms with van der Waals surface area (Å²) >= 11 is 8.16. The molecule has 6 heteroatoms. The van der Waals surface area contributed by atoms with Crippen molar-refractivity contribution in [2.24, 2.45) is 0 Å². The van der Waals surface area contributed by atoms with Crippen LogP contribution in [0.25, 0.3) is 10.7 Å². The van der Waals surface area contributed by atoms with E-state index in [1.807, 2.05) is 30.3 Å². The van der Waals surface area contributed by atoms with Gasteiger partial charge in [-0.1, -0.05) is 35.9 Å². The number of nitrogens with zero attached hydrogens (tertiary/aromatic N) is 2. The Hall–Kier alpha value is -1.79. The molecule has 0 unspecified atom stereocenters. The minimum Gasteiger partial charge on any atom is -0.381 e. The molecule has 4 rings (SSSR count). The zero-order chi connectivity index (χ0) is 18.5. The van der Waals surface area contributed by atoms with Gasteiger partial charge in [-0.05, 0) is 36.6 Å². The van der Waals surface area contributed by atoms with E-state index in [0.717, 1.165) is 60.6 Å². The van der Waals surface area contributed by atoms with E-state index in [-0.39, 0.29) is 5.41 Å². The molecule has 1 aliphatic rings. The molecule has 0 aliphatic carbocycles. The average Bonchev–Trinajstić information content (AvgIpc) is 3.19. The topological polar surface area (TPSA) is 47.0 Å². The molecule has 0 radical (unpaired) electrons. The van der Waals surface area contributed by atoms with E-state index < -0.39 is 0 Å². The standard InChI is InChI=1S/C21H22ClN3OS/c22-18-6-2-1-5-17(18)21(8-11-26-12-9-21)15-23-13-16-14-27-20(25-16)19-7-3-4-10-24-19/h1-7,10,14,23H,8-9,11-13,15H2. The molecule has 1 aliphatic heterocycles. The molecule has 1 fully saturated rings. The molecule has 3 heterocycles. The predicted molar refractivity (Wildman–Crippen MR) is 110 cm³/mol. The Morgan fingerprint density at radius 3 is 2.70 bits per heavy atom. The van der Waals surface area contributed by atoms with Gasteiger partial charge in [0.1, 0.15) is 5.01 Å². The lowest BCUT2D eigenvalue weighted by molar-refractivity contribution is 0.0498. The van der Waals surface area contributed by atoms with Crippen LogP contribution in [0.3, 0.4) is 0 Å². The second-order valence-electron chi connectivity index (χ2n) is 6.84. The van der Waals surface area contributed by atoms with Gasteiger partial charge in [-0.3, -0.25) is 4.98 Å². The molecule has 27 heavy (non-hydrogen) atoms. The Balaban J connectivity index is 1.45. The molecule has 1 N–H and O–H groups in total. The molecule has 0 spiro atoms.